The normalized spacial score (nSPS) is 17.0. The fraction of sp³-hybridized carbons (Fsp3) is 0.357. The fourth-order valence-corrected chi connectivity index (χ4v) is 1.58. The van der Waals surface area contributed by atoms with Crippen LogP contribution in [0, 0.1) is 0 Å². The molecule has 1 unspecified atom stereocenters. The van der Waals surface area contributed by atoms with Crippen molar-refractivity contribution < 1.29 is 0 Å². The van der Waals surface area contributed by atoms with E-state index in [-0.39, 0.29) is 0 Å². The topological polar surface area (TPSA) is 50.4 Å². The Morgan fingerprint density at radius 1 is 1.18 bits per heavy atom. The lowest BCUT2D eigenvalue weighted by molar-refractivity contribution is 0.731. The molecule has 0 saturated carbocycles. The molecular weight excluding hydrogens is 210 g/mol. The molecule has 3 heteroatoms. The van der Waals surface area contributed by atoms with E-state index in [2.05, 4.69) is 34.6 Å². The Morgan fingerprint density at radius 2 is 1.82 bits per heavy atom. The van der Waals surface area contributed by atoms with Gasteiger partial charge in [-0.15, -0.1) is 0 Å². The van der Waals surface area contributed by atoms with E-state index in [1.54, 1.807) is 6.20 Å². The summed E-state index contributed by atoms with van der Waals surface area (Å²) in [4.78, 5) is 4.10. The molecule has 0 spiro atoms. The number of nitrogens with zero attached hydrogens (tertiary/aromatic N) is 1. The highest BCUT2D eigenvalue weighted by Gasteiger charge is 2.05. The summed E-state index contributed by atoms with van der Waals surface area (Å²) in [6.07, 6.45) is 6.52. The van der Waals surface area contributed by atoms with Crippen molar-refractivity contribution in [1.82, 2.24) is 5.32 Å². The fourth-order valence-electron chi connectivity index (χ4n) is 1.58. The molecule has 2 rings (SSSR count). The monoisotopic (exact) mass is 231 g/mol. The van der Waals surface area contributed by atoms with Gasteiger partial charge in [-0.05, 0) is 17.5 Å². The number of nitrogens with two attached hydrogens (primary N) is 1. The maximum absolute atomic E-state index is 5.54. The molecule has 17 heavy (non-hydrogen) atoms. The Kier molecular flexibility index (Phi) is 6.04. The molecule has 0 radical (unpaired) electrons. The Bertz CT molecular complexity index is 366. The number of benzene rings is 1. The molecule has 1 aliphatic heterocycles. The van der Waals surface area contributed by atoms with E-state index in [4.69, 9.17) is 5.73 Å². The van der Waals surface area contributed by atoms with E-state index in [0.29, 0.717) is 12.6 Å². The predicted molar refractivity (Wildman–Crippen MR) is 73.9 cm³/mol. The van der Waals surface area contributed by atoms with Crippen molar-refractivity contribution in [1.29, 1.82) is 0 Å². The number of hydrogen-bond acceptors (Lipinski definition) is 3. The van der Waals surface area contributed by atoms with Gasteiger partial charge in [0.25, 0.3) is 0 Å². The van der Waals surface area contributed by atoms with E-state index in [1.165, 1.54) is 11.1 Å². The highest BCUT2D eigenvalue weighted by Crippen LogP contribution is 2.07. The van der Waals surface area contributed by atoms with Gasteiger partial charge in [-0.1, -0.05) is 38.1 Å². The zero-order chi connectivity index (χ0) is 12.5. The van der Waals surface area contributed by atoms with Crippen LogP contribution in [0.1, 0.15) is 25.0 Å². The maximum Gasteiger partial charge on any atom is 0.0651 e. The minimum Gasteiger partial charge on any atom is -0.382 e. The van der Waals surface area contributed by atoms with Gasteiger partial charge < -0.3 is 11.1 Å². The summed E-state index contributed by atoms with van der Waals surface area (Å²) in [7, 11) is 0. The number of hydrogen-bond donors (Lipinski definition) is 2. The van der Waals surface area contributed by atoms with Crippen molar-refractivity contribution in [2.45, 2.75) is 32.9 Å². The van der Waals surface area contributed by atoms with Gasteiger partial charge in [-0.25, -0.2) is 0 Å². The van der Waals surface area contributed by atoms with Gasteiger partial charge in [0.15, 0.2) is 0 Å². The summed E-state index contributed by atoms with van der Waals surface area (Å²) in [5.41, 5.74) is 8.01. The van der Waals surface area contributed by atoms with E-state index < -0.39 is 0 Å². The molecule has 0 fully saturated rings. The van der Waals surface area contributed by atoms with E-state index in [9.17, 15) is 0 Å². The quantitative estimate of drug-likeness (QED) is 0.838. The molecule has 1 aromatic rings. The Balaban J connectivity index is 0.000000686. The lowest BCUT2D eigenvalue weighted by atomic mass is 10.0. The minimum atomic E-state index is 0.304. The minimum absolute atomic E-state index is 0.304. The average molecular weight is 231 g/mol. The molecule has 1 atom stereocenters. The second kappa shape index (κ2) is 7.63. The third-order valence-corrected chi connectivity index (χ3v) is 2.45. The second-order valence-corrected chi connectivity index (χ2v) is 3.61. The SMILES string of the molecule is CC.NCc1ccc(CC2C=NC=CN2)cc1. The first-order valence-corrected chi connectivity index (χ1v) is 6.11. The van der Waals surface area contributed by atoms with Crippen LogP contribution in [0.15, 0.2) is 41.7 Å². The van der Waals surface area contributed by atoms with Crippen LogP contribution in [0.4, 0.5) is 0 Å². The molecule has 92 valence electrons. The first-order chi connectivity index (χ1) is 8.38. The van der Waals surface area contributed by atoms with Gasteiger partial charge in [-0.3, -0.25) is 4.99 Å². The maximum atomic E-state index is 5.54. The van der Waals surface area contributed by atoms with Crippen molar-refractivity contribution in [3.05, 3.63) is 47.8 Å². The van der Waals surface area contributed by atoms with Crippen LogP contribution in [-0.4, -0.2) is 12.3 Å². The second-order valence-electron chi connectivity index (χ2n) is 3.61. The molecule has 0 saturated heterocycles. The summed E-state index contributed by atoms with van der Waals surface area (Å²) < 4.78 is 0. The summed E-state index contributed by atoms with van der Waals surface area (Å²) in [5.74, 6) is 0. The largest absolute Gasteiger partial charge is 0.382 e. The molecule has 0 aliphatic carbocycles. The van der Waals surface area contributed by atoms with Crippen molar-refractivity contribution in [2.75, 3.05) is 0 Å². The Labute approximate surface area is 103 Å². The van der Waals surface area contributed by atoms with Gasteiger partial charge in [0.1, 0.15) is 0 Å². The lowest BCUT2D eigenvalue weighted by Gasteiger charge is -2.14. The van der Waals surface area contributed by atoms with Crippen molar-refractivity contribution >= 4 is 6.21 Å². The van der Waals surface area contributed by atoms with Crippen molar-refractivity contribution in [3.8, 4) is 0 Å². The van der Waals surface area contributed by atoms with Crippen LogP contribution in [0.5, 0.6) is 0 Å². The standard InChI is InChI=1S/C12H15N3.C2H6/c13-8-11-3-1-10(2-4-11)7-12-9-14-5-6-15-12;1-2/h1-6,9,12,15H,7-8,13H2;1-2H3. The van der Waals surface area contributed by atoms with Gasteiger partial charge in [0.2, 0.25) is 0 Å². The number of rotatable bonds is 3. The van der Waals surface area contributed by atoms with Crippen molar-refractivity contribution in [3.63, 3.8) is 0 Å². The number of nitrogens with one attached hydrogen (secondary N) is 1. The molecule has 0 aromatic heterocycles. The predicted octanol–water partition coefficient (Wildman–Crippen LogP) is 2.23. The molecular formula is C14H21N3. The van der Waals surface area contributed by atoms with Crippen LogP contribution in [0.3, 0.4) is 0 Å². The lowest BCUT2D eigenvalue weighted by Crippen LogP contribution is -2.29. The summed E-state index contributed by atoms with van der Waals surface area (Å²) in [6, 6.07) is 8.70. The van der Waals surface area contributed by atoms with Crippen molar-refractivity contribution in [2.24, 2.45) is 10.7 Å². The highest BCUT2D eigenvalue weighted by atomic mass is 14.9. The zero-order valence-corrected chi connectivity index (χ0v) is 10.6. The first kappa shape index (κ1) is 13.5. The van der Waals surface area contributed by atoms with Gasteiger partial charge in [0.05, 0.1) is 6.04 Å². The van der Waals surface area contributed by atoms with Crippen LogP contribution < -0.4 is 11.1 Å². The van der Waals surface area contributed by atoms with E-state index in [1.807, 2.05) is 26.3 Å². The van der Waals surface area contributed by atoms with Crippen LogP contribution >= 0.6 is 0 Å². The van der Waals surface area contributed by atoms with Crippen LogP contribution in [-0.2, 0) is 13.0 Å². The molecule has 0 bridgehead atoms. The molecule has 3 N–H and O–H groups in total. The molecule has 0 amide bonds. The van der Waals surface area contributed by atoms with E-state index in [0.717, 1.165) is 6.42 Å². The molecule has 1 aromatic carbocycles. The Hall–Kier alpha value is -1.61. The molecule has 3 nitrogen and oxygen atoms in total. The zero-order valence-electron chi connectivity index (χ0n) is 10.6. The van der Waals surface area contributed by atoms with Gasteiger partial charge in [0, 0.05) is 25.2 Å². The average Bonchev–Trinajstić information content (AvgIpc) is 2.43. The molecule has 1 aliphatic rings. The number of aliphatic imine (C=N–C) groups is 1. The third kappa shape index (κ3) is 4.41. The summed E-state index contributed by atoms with van der Waals surface area (Å²) in [6.45, 7) is 4.60. The summed E-state index contributed by atoms with van der Waals surface area (Å²) >= 11 is 0. The van der Waals surface area contributed by atoms with Gasteiger partial charge in [-0.2, -0.15) is 0 Å². The van der Waals surface area contributed by atoms with Crippen LogP contribution in [0.2, 0.25) is 0 Å². The summed E-state index contributed by atoms with van der Waals surface area (Å²) in [5, 5.41) is 3.24. The highest BCUT2D eigenvalue weighted by molar-refractivity contribution is 5.67. The van der Waals surface area contributed by atoms with E-state index >= 15 is 0 Å². The van der Waals surface area contributed by atoms with Gasteiger partial charge >= 0.3 is 0 Å². The smallest absolute Gasteiger partial charge is 0.0651 e. The van der Waals surface area contributed by atoms with Crippen LogP contribution in [0.25, 0.3) is 0 Å². The Morgan fingerprint density at radius 3 is 2.35 bits per heavy atom. The first-order valence-electron chi connectivity index (χ1n) is 6.11. The molecule has 1 heterocycles. The third-order valence-electron chi connectivity index (χ3n) is 2.45.